The lowest BCUT2D eigenvalue weighted by Gasteiger charge is -2.06. The number of phenolic OH excluding ortho intramolecular Hbond substituents is 1. The van der Waals surface area contributed by atoms with Crippen molar-refractivity contribution in [3.8, 4) is 5.75 Å². The molecule has 1 heterocycles. The van der Waals surface area contributed by atoms with Crippen molar-refractivity contribution in [1.82, 2.24) is 4.98 Å². The zero-order valence-corrected chi connectivity index (χ0v) is 14.2. The first-order valence-corrected chi connectivity index (χ1v) is 8.20. The Morgan fingerprint density at radius 1 is 1.33 bits per heavy atom. The number of phenols is 1. The van der Waals surface area contributed by atoms with E-state index in [9.17, 15) is 9.90 Å². The normalized spacial score (nSPS) is 10.8. The van der Waals surface area contributed by atoms with Crippen LogP contribution in [0.3, 0.4) is 0 Å². The van der Waals surface area contributed by atoms with Crippen molar-refractivity contribution in [2.75, 3.05) is 17.7 Å². The summed E-state index contributed by atoms with van der Waals surface area (Å²) in [6, 6.07) is 9.79. The number of fused-ring (bicyclic) bond motifs is 1. The Morgan fingerprint density at radius 2 is 2.17 bits per heavy atom. The smallest absolute Gasteiger partial charge is 0.325 e. The molecule has 0 saturated heterocycles. The highest BCUT2D eigenvalue weighted by atomic mass is 35.5. The third-order valence-corrected chi connectivity index (χ3v) is 4.47. The van der Waals surface area contributed by atoms with Crippen LogP contribution in [0.15, 0.2) is 36.4 Å². The largest absolute Gasteiger partial charge is 0.506 e. The lowest BCUT2D eigenvalue weighted by Crippen LogP contribution is -2.19. The van der Waals surface area contributed by atoms with Crippen LogP contribution in [-0.2, 0) is 11.3 Å². The van der Waals surface area contributed by atoms with E-state index in [0.717, 1.165) is 15.8 Å². The molecule has 0 bridgehead atoms. The summed E-state index contributed by atoms with van der Waals surface area (Å²) in [5.41, 5.74) is 2.24. The molecule has 6 nitrogen and oxygen atoms in total. The molecule has 1 aromatic heterocycles. The van der Waals surface area contributed by atoms with Crippen LogP contribution in [0.4, 0.5) is 15.6 Å². The predicted octanol–water partition coefficient (Wildman–Crippen LogP) is 4.45. The molecule has 0 aliphatic rings. The lowest BCUT2D eigenvalue weighted by molar-refractivity contribution is 0.186. The van der Waals surface area contributed by atoms with Crippen LogP contribution in [0.5, 0.6) is 5.75 Å². The van der Waals surface area contributed by atoms with E-state index in [4.69, 9.17) is 16.3 Å². The molecule has 8 heteroatoms. The Kier molecular flexibility index (Phi) is 4.84. The van der Waals surface area contributed by atoms with Gasteiger partial charge in [0.2, 0.25) is 0 Å². The minimum atomic E-state index is -0.441. The van der Waals surface area contributed by atoms with Crippen molar-refractivity contribution in [2.45, 2.75) is 6.61 Å². The fourth-order valence-electron chi connectivity index (χ4n) is 2.18. The monoisotopic (exact) mass is 363 g/mol. The zero-order chi connectivity index (χ0) is 17.1. The summed E-state index contributed by atoms with van der Waals surface area (Å²) in [6.07, 6.45) is 0. The predicted molar refractivity (Wildman–Crippen MR) is 96.1 cm³/mol. The lowest BCUT2D eigenvalue weighted by atomic mass is 10.2. The van der Waals surface area contributed by atoms with E-state index in [1.165, 1.54) is 23.5 Å². The molecule has 0 aliphatic carbocycles. The van der Waals surface area contributed by atoms with Gasteiger partial charge in [-0.2, -0.15) is 0 Å². The third-order valence-electron chi connectivity index (χ3n) is 3.23. The maximum Gasteiger partial charge on any atom is 0.325 e. The van der Waals surface area contributed by atoms with Crippen molar-refractivity contribution >= 4 is 50.0 Å². The number of urea groups is 1. The first-order chi connectivity index (χ1) is 11.6. The molecular formula is C16H14ClN3O3S. The van der Waals surface area contributed by atoms with Gasteiger partial charge < -0.3 is 15.2 Å². The summed E-state index contributed by atoms with van der Waals surface area (Å²) in [5, 5.41) is 15.4. The van der Waals surface area contributed by atoms with Crippen molar-refractivity contribution in [3.05, 3.63) is 47.0 Å². The minimum absolute atomic E-state index is 0.0422. The van der Waals surface area contributed by atoms with E-state index in [-0.39, 0.29) is 10.8 Å². The Morgan fingerprint density at radius 3 is 2.92 bits per heavy atom. The van der Waals surface area contributed by atoms with Crippen molar-refractivity contribution in [1.29, 1.82) is 0 Å². The van der Waals surface area contributed by atoms with Crippen LogP contribution in [0.25, 0.3) is 10.2 Å². The number of halogens is 1. The van der Waals surface area contributed by atoms with E-state index in [1.54, 1.807) is 13.2 Å². The summed E-state index contributed by atoms with van der Waals surface area (Å²) in [7, 11) is 1.63. The molecule has 0 saturated carbocycles. The van der Waals surface area contributed by atoms with Gasteiger partial charge in [-0.05, 0) is 24.3 Å². The highest BCUT2D eigenvalue weighted by Crippen LogP contribution is 2.29. The number of thiazole rings is 1. The number of ether oxygens (including phenoxy) is 1. The van der Waals surface area contributed by atoms with Gasteiger partial charge in [-0.15, -0.1) is 0 Å². The number of para-hydroxylation sites is 1. The molecule has 3 rings (SSSR count). The van der Waals surface area contributed by atoms with Gasteiger partial charge >= 0.3 is 6.03 Å². The number of rotatable bonds is 4. The number of nitrogens with one attached hydrogen (secondary N) is 2. The van der Waals surface area contributed by atoms with Crippen LogP contribution in [0, 0.1) is 0 Å². The fraction of sp³-hybridized carbons (Fsp3) is 0.125. The minimum Gasteiger partial charge on any atom is -0.506 e. The van der Waals surface area contributed by atoms with Crippen LogP contribution in [0.1, 0.15) is 5.56 Å². The van der Waals surface area contributed by atoms with Crippen LogP contribution in [0.2, 0.25) is 5.02 Å². The topological polar surface area (TPSA) is 83.5 Å². The Labute approximate surface area is 147 Å². The number of hydrogen-bond donors (Lipinski definition) is 3. The second-order valence-corrected chi connectivity index (χ2v) is 6.40. The molecule has 124 valence electrons. The van der Waals surface area contributed by atoms with Gasteiger partial charge in [0.25, 0.3) is 0 Å². The van der Waals surface area contributed by atoms with E-state index < -0.39 is 6.03 Å². The molecule has 2 aromatic carbocycles. The Hall–Kier alpha value is -2.35. The second kappa shape index (κ2) is 7.04. The number of hydrogen-bond acceptors (Lipinski definition) is 5. The number of methoxy groups -OCH3 is 1. The van der Waals surface area contributed by atoms with Gasteiger partial charge in [-0.25, -0.2) is 9.78 Å². The second-order valence-electron chi connectivity index (χ2n) is 4.96. The molecule has 2 amide bonds. The number of carbonyl (C=O) groups excluding carboxylic acids is 1. The SMILES string of the molecule is COCc1cccc2sc(NC(=O)Nc3ccc(O)c(Cl)c3)nc12. The Bertz CT molecular complexity index is 897. The number of amides is 2. The molecule has 0 radical (unpaired) electrons. The number of anilines is 2. The van der Waals surface area contributed by atoms with Gasteiger partial charge in [0, 0.05) is 18.4 Å². The van der Waals surface area contributed by atoms with Crippen LogP contribution < -0.4 is 10.6 Å². The number of nitrogens with zero attached hydrogens (tertiary/aromatic N) is 1. The van der Waals surface area contributed by atoms with Crippen LogP contribution in [-0.4, -0.2) is 23.2 Å². The third kappa shape index (κ3) is 3.59. The first kappa shape index (κ1) is 16.5. The maximum atomic E-state index is 12.1. The van der Waals surface area contributed by atoms with Gasteiger partial charge in [0.05, 0.1) is 21.8 Å². The molecule has 0 spiro atoms. The number of aromatic hydroxyl groups is 1. The van der Waals surface area contributed by atoms with Crippen LogP contribution >= 0.6 is 22.9 Å². The zero-order valence-electron chi connectivity index (χ0n) is 12.7. The average Bonchev–Trinajstić information content (AvgIpc) is 2.94. The maximum absolute atomic E-state index is 12.1. The van der Waals surface area contributed by atoms with E-state index >= 15 is 0 Å². The molecule has 0 fully saturated rings. The number of carbonyl (C=O) groups is 1. The molecule has 0 unspecified atom stereocenters. The van der Waals surface area contributed by atoms with E-state index in [2.05, 4.69) is 15.6 Å². The number of aromatic nitrogens is 1. The summed E-state index contributed by atoms with van der Waals surface area (Å²) in [6.45, 7) is 0.457. The molecule has 0 aliphatic heterocycles. The molecular weight excluding hydrogens is 350 g/mol. The summed E-state index contributed by atoms with van der Waals surface area (Å²) in [4.78, 5) is 16.5. The summed E-state index contributed by atoms with van der Waals surface area (Å²) >= 11 is 7.19. The fourth-order valence-corrected chi connectivity index (χ4v) is 3.26. The summed E-state index contributed by atoms with van der Waals surface area (Å²) < 4.78 is 6.12. The molecule has 24 heavy (non-hydrogen) atoms. The first-order valence-electron chi connectivity index (χ1n) is 7.00. The average molecular weight is 364 g/mol. The van der Waals surface area contributed by atoms with Crippen molar-refractivity contribution < 1.29 is 14.6 Å². The van der Waals surface area contributed by atoms with Crippen molar-refractivity contribution in [2.24, 2.45) is 0 Å². The molecule has 0 atom stereocenters. The summed E-state index contributed by atoms with van der Waals surface area (Å²) in [5.74, 6) is -0.0422. The van der Waals surface area contributed by atoms with Crippen molar-refractivity contribution in [3.63, 3.8) is 0 Å². The van der Waals surface area contributed by atoms with E-state index in [0.29, 0.717) is 17.4 Å². The van der Waals surface area contributed by atoms with Gasteiger partial charge in [0.1, 0.15) is 5.75 Å². The molecule has 3 N–H and O–H groups in total. The van der Waals surface area contributed by atoms with Gasteiger partial charge in [-0.3, -0.25) is 5.32 Å². The highest BCUT2D eigenvalue weighted by Gasteiger charge is 2.11. The highest BCUT2D eigenvalue weighted by molar-refractivity contribution is 7.22. The quantitative estimate of drug-likeness (QED) is 0.598. The van der Waals surface area contributed by atoms with E-state index in [1.807, 2.05) is 18.2 Å². The van der Waals surface area contributed by atoms with Gasteiger partial charge in [-0.1, -0.05) is 35.1 Å². The Balaban J connectivity index is 1.75. The van der Waals surface area contributed by atoms with Gasteiger partial charge in [0.15, 0.2) is 5.13 Å². The number of benzene rings is 2. The molecule has 3 aromatic rings. The standard InChI is InChI=1S/C16H14ClN3O3S/c1-23-8-9-3-2-4-13-14(9)19-16(24-13)20-15(22)18-10-5-6-12(21)11(17)7-10/h2-7,21H,8H2,1H3,(H2,18,19,20,22).